The van der Waals surface area contributed by atoms with E-state index in [1.54, 1.807) is 24.3 Å². The van der Waals surface area contributed by atoms with Crippen molar-refractivity contribution in [1.29, 1.82) is 0 Å². The maximum absolute atomic E-state index is 12.2. The first-order valence-electron chi connectivity index (χ1n) is 6.18. The van der Waals surface area contributed by atoms with Crippen LogP contribution in [0, 0.1) is 0 Å². The van der Waals surface area contributed by atoms with Gasteiger partial charge in [0.15, 0.2) is 11.5 Å². The maximum atomic E-state index is 12.2. The van der Waals surface area contributed by atoms with E-state index in [0.717, 1.165) is 11.3 Å². The average molecular weight is 267 g/mol. The van der Waals surface area contributed by atoms with Gasteiger partial charge in [0, 0.05) is 11.3 Å². The zero-order valence-corrected chi connectivity index (χ0v) is 10.9. The molecule has 2 aromatic carbocycles. The van der Waals surface area contributed by atoms with Crippen molar-refractivity contribution >= 4 is 17.5 Å². The second-order valence-corrected chi connectivity index (χ2v) is 4.49. The molecule has 0 unspecified atom stereocenters. The fourth-order valence-electron chi connectivity index (χ4n) is 2.19. The van der Waals surface area contributed by atoms with Crippen LogP contribution in [0.5, 0.6) is 11.5 Å². The van der Waals surface area contributed by atoms with E-state index in [9.17, 15) is 9.90 Å². The van der Waals surface area contributed by atoms with Crippen molar-refractivity contribution in [3.8, 4) is 11.5 Å². The van der Waals surface area contributed by atoms with E-state index in [0.29, 0.717) is 17.0 Å². The smallest absolute Gasteiger partial charge is 0.211 e. The number of aromatic hydroxyl groups is 1. The van der Waals surface area contributed by atoms with Crippen molar-refractivity contribution < 1.29 is 14.6 Å². The van der Waals surface area contributed by atoms with Crippen LogP contribution in [0.2, 0.25) is 0 Å². The molecule has 20 heavy (non-hydrogen) atoms. The Kier molecular flexibility index (Phi) is 2.91. The quantitative estimate of drug-likeness (QED) is 0.821. The van der Waals surface area contributed by atoms with E-state index in [1.807, 2.05) is 18.2 Å². The molecule has 2 aromatic rings. The van der Waals surface area contributed by atoms with E-state index >= 15 is 0 Å². The van der Waals surface area contributed by atoms with Gasteiger partial charge in [0.1, 0.15) is 0 Å². The van der Waals surface area contributed by atoms with Gasteiger partial charge in [-0.15, -0.1) is 0 Å². The predicted molar refractivity (Wildman–Crippen MR) is 77.0 cm³/mol. The molecule has 0 radical (unpaired) electrons. The summed E-state index contributed by atoms with van der Waals surface area (Å²) in [6.45, 7) is 0. The summed E-state index contributed by atoms with van der Waals surface area (Å²) in [5.41, 5.74) is 2.78. The third-order valence-corrected chi connectivity index (χ3v) is 3.20. The van der Waals surface area contributed by atoms with Crippen molar-refractivity contribution in [2.24, 2.45) is 0 Å². The first kappa shape index (κ1) is 12.3. The lowest BCUT2D eigenvalue weighted by Gasteiger charge is -2.04. The number of fused-ring (bicyclic) bond motifs is 1. The second-order valence-electron chi connectivity index (χ2n) is 4.49. The monoisotopic (exact) mass is 267 g/mol. The third kappa shape index (κ3) is 2.01. The Morgan fingerprint density at radius 2 is 2.00 bits per heavy atom. The molecule has 1 heterocycles. The van der Waals surface area contributed by atoms with Gasteiger partial charge in [-0.3, -0.25) is 4.79 Å². The highest BCUT2D eigenvalue weighted by Gasteiger charge is 2.23. The highest BCUT2D eigenvalue weighted by molar-refractivity contribution is 6.20. The number of nitrogens with one attached hydrogen (secondary N) is 1. The van der Waals surface area contributed by atoms with Gasteiger partial charge in [-0.25, -0.2) is 0 Å². The minimum atomic E-state index is -0.0346. The van der Waals surface area contributed by atoms with Gasteiger partial charge in [-0.1, -0.05) is 18.2 Å². The van der Waals surface area contributed by atoms with Crippen LogP contribution >= 0.6 is 0 Å². The molecule has 0 aliphatic carbocycles. The topological polar surface area (TPSA) is 58.6 Å². The highest BCUT2D eigenvalue weighted by atomic mass is 16.5. The van der Waals surface area contributed by atoms with Crippen LogP contribution in [0.15, 0.2) is 48.2 Å². The Balaban J connectivity index is 1.97. The van der Waals surface area contributed by atoms with Gasteiger partial charge in [-0.05, 0) is 35.9 Å². The van der Waals surface area contributed by atoms with Gasteiger partial charge in [0.05, 0.1) is 12.8 Å². The fraction of sp³-hybridized carbons (Fsp3) is 0.0625. The first-order valence-corrected chi connectivity index (χ1v) is 6.18. The number of carbonyl (C=O) groups excluding carboxylic acids is 1. The molecule has 2 N–H and O–H groups in total. The number of ether oxygens (including phenoxy) is 1. The molecule has 1 aliphatic heterocycles. The lowest BCUT2D eigenvalue weighted by Crippen LogP contribution is -1.99. The second kappa shape index (κ2) is 4.74. The number of allylic oxidation sites excluding steroid dienone is 1. The standard InChI is InChI=1S/C16H13NO3/c1-20-15-9-10(6-7-14(15)18)8-13-16(19)11-4-2-3-5-12(11)17-13/h2-9,17-18H,1H3. The Morgan fingerprint density at radius 3 is 2.75 bits per heavy atom. The summed E-state index contributed by atoms with van der Waals surface area (Å²) in [5.74, 6) is 0.415. The minimum absolute atomic E-state index is 0.0346. The number of anilines is 1. The van der Waals surface area contributed by atoms with Crippen LogP contribution in [0.25, 0.3) is 6.08 Å². The molecule has 0 saturated heterocycles. The van der Waals surface area contributed by atoms with Crippen LogP contribution in [-0.2, 0) is 0 Å². The zero-order chi connectivity index (χ0) is 14.1. The molecule has 0 saturated carbocycles. The lowest BCUT2D eigenvalue weighted by atomic mass is 10.1. The van der Waals surface area contributed by atoms with Crippen LogP contribution in [0.1, 0.15) is 15.9 Å². The van der Waals surface area contributed by atoms with E-state index in [2.05, 4.69) is 5.32 Å². The number of hydrogen-bond donors (Lipinski definition) is 2. The molecular formula is C16H13NO3. The average Bonchev–Trinajstić information content (AvgIpc) is 2.78. The number of methoxy groups -OCH3 is 1. The van der Waals surface area contributed by atoms with Gasteiger partial charge in [0.25, 0.3) is 0 Å². The Bertz CT molecular complexity index is 719. The summed E-state index contributed by atoms with van der Waals surface area (Å²) < 4.78 is 5.05. The maximum Gasteiger partial charge on any atom is 0.211 e. The van der Waals surface area contributed by atoms with Crippen LogP contribution < -0.4 is 10.1 Å². The van der Waals surface area contributed by atoms with Crippen molar-refractivity contribution in [2.75, 3.05) is 12.4 Å². The highest BCUT2D eigenvalue weighted by Crippen LogP contribution is 2.31. The molecule has 0 aromatic heterocycles. The minimum Gasteiger partial charge on any atom is -0.504 e. The molecule has 1 aliphatic rings. The Morgan fingerprint density at radius 1 is 1.20 bits per heavy atom. The molecule has 0 amide bonds. The molecule has 4 nitrogen and oxygen atoms in total. The predicted octanol–water partition coefficient (Wildman–Crippen LogP) is 3.05. The summed E-state index contributed by atoms with van der Waals surface area (Å²) in [6.07, 6.45) is 1.74. The van der Waals surface area contributed by atoms with E-state index in [1.165, 1.54) is 13.2 Å². The number of phenolic OH excluding ortho intramolecular Hbond substituents is 1. The third-order valence-electron chi connectivity index (χ3n) is 3.20. The van der Waals surface area contributed by atoms with Gasteiger partial charge >= 0.3 is 0 Å². The van der Waals surface area contributed by atoms with Gasteiger partial charge in [0.2, 0.25) is 5.78 Å². The van der Waals surface area contributed by atoms with Crippen molar-refractivity contribution in [3.63, 3.8) is 0 Å². The number of ketones is 1. The van der Waals surface area contributed by atoms with Crippen LogP contribution in [-0.4, -0.2) is 18.0 Å². The zero-order valence-electron chi connectivity index (χ0n) is 10.9. The summed E-state index contributed by atoms with van der Waals surface area (Å²) in [4.78, 5) is 12.2. The molecule has 0 atom stereocenters. The number of Topliss-reactive ketones (excluding diaryl/α,β-unsaturated/α-hetero) is 1. The molecule has 0 spiro atoms. The Labute approximate surface area is 116 Å². The Hall–Kier alpha value is -2.75. The molecular weight excluding hydrogens is 254 g/mol. The SMILES string of the molecule is COc1cc(C=C2Nc3ccccc3C2=O)ccc1O. The summed E-state index contributed by atoms with van der Waals surface area (Å²) in [7, 11) is 1.49. The largest absolute Gasteiger partial charge is 0.504 e. The van der Waals surface area contributed by atoms with Crippen molar-refractivity contribution in [3.05, 3.63) is 59.3 Å². The van der Waals surface area contributed by atoms with E-state index in [-0.39, 0.29) is 11.5 Å². The van der Waals surface area contributed by atoms with Gasteiger partial charge in [-0.2, -0.15) is 0 Å². The van der Waals surface area contributed by atoms with Crippen LogP contribution in [0.4, 0.5) is 5.69 Å². The van der Waals surface area contributed by atoms with E-state index < -0.39 is 0 Å². The normalized spacial score (nSPS) is 15.1. The van der Waals surface area contributed by atoms with Crippen molar-refractivity contribution in [1.82, 2.24) is 0 Å². The number of hydrogen-bond acceptors (Lipinski definition) is 4. The summed E-state index contributed by atoms with van der Waals surface area (Å²) in [5, 5.41) is 12.7. The molecule has 4 heteroatoms. The number of para-hydroxylation sites is 1. The molecule has 0 bridgehead atoms. The lowest BCUT2D eigenvalue weighted by molar-refractivity contribution is 0.104. The number of rotatable bonds is 2. The first-order chi connectivity index (χ1) is 9.69. The van der Waals surface area contributed by atoms with Crippen molar-refractivity contribution in [2.45, 2.75) is 0 Å². The number of phenols is 1. The molecule has 100 valence electrons. The van der Waals surface area contributed by atoms with Gasteiger partial charge < -0.3 is 15.2 Å². The summed E-state index contributed by atoms with van der Waals surface area (Å²) in [6, 6.07) is 12.3. The van der Waals surface area contributed by atoms with Crippen LogP contribution in [0.3, 0.4) is 0 Å². The molecule has 3 rings (SSSR count). The number of carbonyl (C=O) groups is 1. The fourth-order valence-corrected chi connectivity index (χ4v) is 2.19. The number of benzene rings is 2. The van der Waals surface area contributed by atoms with E-state index in [4.69, 9.17) is 4.74 Å². The molecule has 0 fully saturated rings. The summed E-state index contributed by atoms with van der Waals surface area (Å²) >= 11 is 0.